The Bertz CT molecular complexity index is 245. The molecule has 2 heterocycles. The fourth-order valence-electron chi connectivity index (χ4n) is 3.55. The fourth-order valence-corrected chi connectivity index (χ4v) is 3.55. The summed E-state index contributed by atoms with van der Waals surface area (Å²) in [5.41, 5.74) is 0.681. The zero-order valence-electron chi connectivity index (χ0n) is 11.9. The van der Waals surface area contributed by atoms with Crippen LogP contribution in [0.2, 0.25) is 0 Å². The van der Waals surface area contributed by atoms with Crippen LogP contribution in [0.25, 0.3) is 0 Å². The van der Waals surface area contributed by atoms with Crippen LogP contribution in [0.4, 0.5) is 0 Å². The maximum Gasteiger partial charge on any atom is 0.0232 e. The molecule has 2 rings (SSSR count). The molecule has 0 saturated carbocycles. The topological polar surface area (TPSA) is 6.48 Å². The zero-order chi connectivity index (χ0) is 12.1. The Morgan fingerprint density at radius 3 is 1.50 bits per heavy atom. The molecule has 2 atom stereocenters. The van der Waals surface area contributed by atoms with E-state index < -0.39 is 0 Å². The summed E-state index contributed by atoms with van der Waals surface area (Å²) in [6.45, 7) is 16.7. The maximum atomic E-state index is 2.77. The van der Waals surface area contributed by atoms with Crippen LogP contribution in [-0.2, 0) is 0 Å². The largest absolute Gasteiger partial charge is 0.295 e. The van der Waals surface area contributed by atoms with Crippen molar-refractivity contribution in [3.63, 3.8) is 0 Å². The van der Waals surface area contributed by atoms with Crippen molar-refractivity contribution >= 4 is 0 Å². The highest BCUT2D eigenvalue weighted by Gasteiger charge is 2.46. The van der Waals surface area contributed by atoms with E-state index in [2.05, 4.69) is 51.3 Å². The number of piperazine rings is 1. The normalized spacial score (nSPS) is 33.4. The lowest BCUT2D eigenvalue weighted by atomic mass is 9.97. The van der Waals surface area contributed by atoms with Crippen LogP contribution in [-0.4, -0.2) is 46.1 Å². The summed E-state index contributed by atoms with van der Waals surface area (Å²) in [6.07, 6.45) is 2.79. The molecule has 2 fully saturated rings. The van der Waals surface area contributed by atoms with Crippen LogP contribution in [0.1, 0.15) is 54.4 Å². The second-order valence-electron chi connectivity index (χ2n) is 7.54. The van der Waals surface area contributed by atoms with E-state index in [0.29, 0.717) is 11.1 Å². The zero-order valence-corrected chi connectivity index (χ0v) is 11.9. The molecule has 2 heteroatoms. The average molecular weight is 224 g/mol. The van der Waals surface area contributed by atoms with Gasteiger partial charge < -0.3 is 0 Å². The van der Waals surface area contributed by atoms with Gasteiger partial charge >= 0.3 is 0 Å². The molecule has 0 N–H and O–H groups in total. The molecular weight excluding hydrogens is 196 g/mol. The Morgan fingerprint density at radius 2 is 1.19 bits per heavy atom. The molecule has 2 bridgehead atoms. The SMILES string of the molecule is CC(C)(C)N1CC2CCC(C1)N2C(C)(C)C. The molecule has 0 aromatic heterocycles. The van der Waals surface area contributed by atoms with Gasteiger partial charge in [-0.25, -0.2) is 0 Å². The van der Waals surface area contributed by atoms with Gasteiger partial charge in [0.1, 0.15) is 0 Å². The van der Waals surface area contributed by atoms with Crippen LogP contribution < -0.4 is 0 Å². The lowest BCUT2D eigenvalue weighted by Crippen LogP contribution is -2.63. The number of nitrogens with zero attached hydrogens (tertiary/aromatic N) is 2. The third-order valence-corrected chi connectivity index (χ3v) is 4.21. The van der Waals surface area contributed by atoms with Gasteiger partial charge in [-0.3, -0.25) is 9.80 Å². The lowest BCUT2D eigenvalue weighted by Gasteiger charge is -2.51. The Kier molecular flexibility index (Phi) is 2.87. The van der Waals surface area contributed by atoms with Crippen molar-refractivity contribution in [3.05, 3.63) is 0 Å². The summed E-state index contributed by atoms with van der Waals surface area (Å²) in [6, 6.07) is 1.58. The average Bonchev–Trinajstić information content (AvgIpc) is 2.35. The van der Waals surface area contributed by atoms with Crippen LogP contribution in [0.3, 0.4) is 0 Å². The predicted octanol–water partition coefficient (Wildman–Crippen LogP) is 2.73. The van der Waals surface area contributed by atoms with Crippen molar-refractivity contribution in [1.29, 1.82) is 0 Å². The van der Waals surface area contributed by atoms with Crippen molar-refractivity contribution in [3.8, 4) is 0 Å². The van der Waals surface area contributed by atoms with E-state index in [0.717, 1.165) is 12.1 Å². The maximum absolute atomic E-state index is 2.77. The Labute approximate surface area is 101 Å². The monoisotopic (exact) mass is 224 g/mol. The molecule has 2 unspecified atom stereocenters. The summed E-state index contributed by atoms with van der Waals surface area (Å²) in [4.78, 5) is 5.45. The number of fused-ring (bicyclic) bond motifs is 2. The summed E-state index contributed by atoms with van der Waals surface area (Å²) in [5, 5.41) is 0. The highest BCUT2D eigenvalue weighted by atomic mass is 15.4. The lowest BCUT2D eigenvalue weighted by molar-refractivity contribution is -0.0289. The molecular formula is C14H28N2. The van der Waals surface area contributed by atoms with Crippen molar-refractivity contribution in [2.75, 3.05) is 13.1 Å². The standard InChI is InChI=1S/C14H28N2/c1-13(2,3)15-9-11-7-8-12(10-15)16(11)14(4,5)6/h11-12H,7-10H2,1-6H3. The summed E-state index contributed by atoms with van der Waals surface area (Å²) in [5.74, 6) is 0. The van der Waals surface area contributed by atoms with Crippen LogP contribution in [0.5, 0.6) is 0 Å². The molecule has 2 nitrogen and oxygen atoms in total. The van der Waals surface area contributed by atoms with Gasteiger partial charge in [-0.1, -0.05) is 0 Å². The summed E-state index contributed by atoms with van der Waals surface area (Å²) < 4.78 is 0. The van der Waals surface area contributed by atoms with Crippen molar-refractivity contribution in [1.82, 2.24) is 9.80 Å². The van der Waals surface area contributed by atoms with E-state index in [1.165, 1.54) is 25.9 Å². The second-order valence-corrected chi connectivity index (χ2v) is 7.54. The van der Waals surface area contributed by atoms with Gasteiger partial charge in [-0.15, -0.1) is 0 Å². The molecule has 94 valence electrons. The molecule has 16 heavy (non-hydrogen) atoms. The van der Waals surface area contributed by atoms with Crippen LogP contribution >= 0.6 is 0 Å². The van der Waals surface area contributed by atoms with E-state index in [9.17, 15) is 0 Å². The predicted molar refractivity (Wildman–Crippen MR) is 69.7 cm³/mol. The second kappa shape index (κ2) is 3.71. The molecule has 2 saturated heterocycles. The van der Waals surface area contributed by atoms with Gasteiger partial charge in [0.15, 0.2) is 0 Å². The van der Waals surface area contributed by atoms with E-state index in [1.807, 2.05) is 0 Å². The number of likely N-dealkylation sites (tertiary alicyclic amines) is 1. The van der Waals surface area contributed by atoms with Gasteiger partial charge in [0.25, 0.3) is 0 Å². The number of hydrogen-bond acceptors (Lipinski definition) is 2. The van der Waals surface area contributed by atoms with Crippen molar-refractivity contribution in [2.24, 2.45) is 0 Å². The van der Waals surface area contributed by atoms with E-state index >= 15 is 0 Å². The van der Waals surface area contributed by atoms with E-state index in [-0.39, 0.29) is 0 Å². The minimum absolute atomic E-state index is 0.338. The quantitative estimate of drug-likeness (QED) is 0.624. The fraction of sp³-hybridized carbons (Fsp3) is 1.00. The molecule has 2 aliphatic rings. The minimum Gasteiger partial charge on any atom is -0.295 e. The first-order chi connectivity index (χ1) is 7.19. The molecule has 0 aromatic carbocycles. The molecule has 2 aliphatic heterocycles. The van der Waals surface area contributed by atoms with E-state index in [1.54, 1.807) is 0 Å². The van der Waals surface area contributed by atoms with Gasteiger partial charge in [-0.2, -0.15) is 0 Å². The molecule has 0 amide bonds. The molecule has 0 spiro atoms. The van der Waals surface area contributed by atoms with Crippen molar-refractivity contribution in [2.45, 2.75) is 77.5 Å². The first-order valence-electron chi connectivity index (χ1n) is 6.73. The van der Waals surface area contributed by atoms with Gasteiger partial charge in [-0.05, 0) is 54.4 Å². The Hall–Kier alpha value is -0.0800. The van der Waals surface area contributed by atoms with Crippen LogP contribution in [0, 0.1) is 0 Å². The first kappa shape index (κ1) is 12.4. The summed E-state index contributed by atoms with van der Waals surface area (Å²) in [7, 11) is 0. The van der Waals surface area contributed by atoms with Gasteiger partial charge in [0.05, 0.1) is 0 Å². The molecule has 0 radical (unpaired) electrons. The van der Waals surface area contributed by atoms with Crippen LogP contribution in [0.15, 0.2) is 0 Å². The van der Waals surface area contributed by atoms with Gasteiger partial charge in [0, 0.05) is 36.3 Å². The molecule has 0 aliphatic carbocycles. The highest BCUT2D eigenvalue weighted by molar-refractivity contribution is 5.02. The Balaban J connectivity index is 2.13. The van der Waals surface area contributed by atoms with E-state index in [4.69, 9.17) is 0 Å². The third kappa shape index (κ3) is 2.14. The highest BCUT2D eigenvalue weighted by Crippen LogP contribution is 2.37. The third-order valence-electron chi connectivity index (χ3n) is 4.21. The van der Waals surface area contributed by atoms with Gasteiger partial charge in [0.2, 0.25) is 0 Å². The Morgan fingerprint density at radius 1 is 0.750 bits per heavy atom. The minimum atomic E-state index is 0.338. The molecule has 0 aromatic rings. The van der Waals surface area contributed by atoms with Crippen molar-refractivity contribution < 1.29 is 0 Å². The number of hydrogen-bond donors (Lipinski definition) is 0. The first-order valence-corrected chi connectivity index (χ1v) is 6.73. The summed E-state index contributed by atoms with van der Waals surface area (Å²) >= 11 is 0. The number of rotatable bonds is 0. The smallest absolute Gasteiger partial charge is 0.0232 e.